The summed E-state index contributed by atoms with van der Waals surface area (Å²) < 4.78 is 9.74. The smallest absolute Gasteiger partial charge is 0.408 e. The van der Waals surface area contributed by atoms with Gasteiger partial charge in [-0.2, -0.15) is 0 Å². The zero-order valence-corrected chi connectivity index (χ0v) is 15.1. The number of amides is 2. The minimum atomic E-state index is -0.805. The molecule has 7 nitrogen and oxygen atoms in total. The molecule has 0 radical (unpaired) electrons. The number of carbonyl (C=O) groups excluding carboxylic acids is 3. The van der Waals surface area contributed by atoms with Crippen LogP contribution in [0.2, 0.25) is 0 Å². The summed E-state index contributed by atoms with van der Waals surface area (Å²) in [6, 6.07) is 7.64. The molecule has 0 bridgehead atoms. The monoisotopic (exact) mass is 350 g/mol. The Morgan fingerprint density at radius 1 is 1.08 bits per heavy atom. The Bertz CT molecular complexity index is 576. The molecule has 138 valence electrons. The Balaban J connectivity index is 2.63. The van der Waals surface area contributed by atoms with Crippen LogP contribution in [-0.4, -0.2) is 37.2 Å². The molecule has 2 amide bonds. The molecule has 0 spiro atoms. The number of benzene rings is 1. The molecule has 0 unspecified atom stereocenters. The number of ether oxygens (including phenoxy) is 2. The van der Waals surface area contributed by atoms with Gasteiger partial charge in [-0.25, -0.2) is 9.59 Å². The van der Waals surface area contributed by atoms with Crippen LogP contribution in [0, 0.1) is 5.92 Å². The molecule has 2 N–H and O–H groups in total. The minimum Gasteiger partial charge on any atom is -0.467 e. The lowest BCUT2D eigenvalue weighted by Gasteiger charge is -2.24. The highest BCUT2D eigenvalue weighted by Crippen LogP contribution is 2.09. The lowest BCUT2D eigenvalue weighted by molar-refractivity contribution is -0.144. The van der Waals surface area contributed by atoms with Crippen molar-refractivity contribution in [1.29, 1.82) is 0 Å². The van der Waals surface area contributed by atoms with E-state index < -0.39 is 30.1 Å². The van der Waals surface area contributed by atoms with Crippen molar-refractivity contribution < 1.29 is 23.9 Å². The number of hydrogen-bond acceptors (Lipinski definition) is 5. The van der Waals surface area contributed by atoms with E-state index in [2.05, 4.69) is 15.4 Å². The predicted molar refractivity (Wildman–Crippen MR) is 92.6 cm³/mol. The second-order valence-corrected chi connectivity index (χ2v) is 5.82. The number of hydrogen-bond donors (Lipinski definition) is 2. The standard InChI is InChI=1S/C18H26N2O5/c1-5-12(2)15(16(21)19-13(3)17(22)24-4)20-18(23)25-11-14-9-7-6-8-10-14/h6-10,12-13,15H,5,11H2,1-4H3,(H,19,21)(H,20,23)/t12-,13-,15+/m0/s1. The van der Waals surface area contributed by atoms with Crippen LogP contribution in [0.5, 0.6) is 0 Å². The molecule has 3 atom stereocenters. The Labute approximate surface area is 148 Å². The lowest BCUT2D eigenvalue weighted by Crippen LogP contribution is -2.53. The molecule has 0 aliphatic heterocycles. The van der Waals surface area contributed by atoms with Gasteiger partial charge >= 0.3 is 12.1 Å². The maximum Gasteiger partial charge on any atom is 0.408 e. The van der Waals surface area contributed by atoms with Crippen molar-refractivity contribution in [3.05, 3.63) is 35.9 Å². The number of rotatable bonds is 8. The number of carbonyl (C=O) groups is 3. The third kappa shape index (κ3) is 6.82. The average molecular weight is 350 g/mol. The van der Waals surface area contributed by atoms with Crippen molar-refractivity contribution in [2.75, 3.05) is 7.11 Å². The van der Waals surface area contributed by atoms with Crippen LogP contribution < -0.4 is 10.6 Å². The highest BCUT2D eigenvalue weighted by molar-refractivity contribution is 5.89. The van der Waals surface area contributed by atoms with Gasteiger partial charge < -0.3 is 20.1 Å². The molecule has 1 rings (SSSR count). The van der Waals surface area contributed by atoms with Crippen LogP contribution in [0.25, 0.3) is 0 Å². The van der Waals surface area contributed by atoms with Gasteiger partial charge in [0, 0.05) is 0 Å². The van der Waals surface area contributed by atoms with Gasteiger partial charge in [-0.1, -0.05) is 50.6 Å². The highest BCUT2D eigenvalue weighted by Gasteiger charge is 2.29. The van der Waals surface area contributed by atoms with E-state index in [-0.39, 0.29) is 12.5 Å². The topological polar surface area (TPSA) is 93.7 Å². The summed E-state index contributed by atoms with van der Waals surface area (Å²) >= 11 is 0. The van der Waals surface area contributed by atoms with Gasteiger partial charge in [-0.3, -0.25) is 4.79 Å². The Hall–Kier alpha value is -2.57. The quantitative estimate of drug-likeness (QED) is 0.700. The molecule has 0 fully saturated rings. The second-order valence-electron chi connectivity index (χ2n) is 5.82. The average Bonchev–Trinajstić information content (AvgIpc) is 2.63. The van der Waals surface area contributed by atoms with Gasteiger partial charge in [0.15, 0.2) is 0 Å². The second kappa shape index (κ2) is 10.3. The fraction of sp³-hybridized carbons (Fsp3) is 0.500. The van der Waals surface area contributed by atoms with Gasteiger partial charge in [0.05, 0.1) is 7.11 Å². The van der Waals surface area contributed by atoms with E-state index in [1.807, 2.05) is 44.2 Å². The van der Waals surface area contributed by atoms with Crippen LogP contribution >= 0.6 is 0 Å². The SMILES string of the molecule is CC[C@H](C)[C@@H](NC(=O)OCc1ccccc1)C(=O)N[C@@H](C)C(=O)OC. The van der Waals surface area contributed by atoms with Crippen molar-refractivity contribution in [1.82, 2.24) is 10.6 Å². The minimum absolute atomic E-state index is 0.111. The molecule has 0 saturated heterocycles. The van der Waals surface area contributed by atoms with Crippen LogP contribution in [0.3, 0.4) is 0 Å². The summed E-state index contributed by atoms with van der Waals surface area (Å²) in [6.45, 7) is 5.38. The van der Waals surface area contributed by atoms with E-state index in [9.17, 15) is 14.4 Å². The summed E-state index contributed by atoms with van der Waals surface area (Å²) in [5.74, 6) is -1.14. The zero-order chi connectivity index (χ0) is 18.8. The summed E-state index contributed by atoms with van der Waals surface area (Å²) in [7, 11) is 1.25. The molecule has 25 heavy (non-hydrogen) atoms. The van der Waals surface area contributed by atoms with Crippen molar-refractivity contribution in [3.8, 4) is 0 Å². The summed E-state index contributed by atoms with van der Waals surface area (Å²) in [5, 5.41) is 5.12. The first-order chi connectivity index (χ1) is 11.9. The maximum absolute atomic E-state index is 12.4. The molecule has 0 heterocycles. The van der Waals surface area contributed by atoms with Crippen molar-refractivity contribution in [2.45, 2.75) is 45.9 Å². The van der Waals surface area contributed by atoms with E-state index in [0.29, 0.717) is 6.42 Å². The van der Waals surface area contributed by atoms with Crippen LogP contribution in [0.4, 0.5) is 4.79 Å². The van der Waals surface area contributed by atoms with E-state index in [1.54, 1.807) is 0 Å². The first-order valence-electron chi connectivity index (χ1n) is 8.24. The molecular weight excluding hydrogens is 324 g/mol. The van der Waals surface area contributed by atoms with Gasteiger partial charge in [-0.05, 0) is 18.4 Å². The van der Waals surface area contributed by atoms with Crippen molar-refractivity contribution >= 4 is 18.0 Å². The van der Waals surface area contributed by atoms with Gasteiger partial charge in [0.25, 0.3) is 0 Å². The summed E-state index contributed by atoms with van der Waals surface area (Å²) in [5.41, 5.74) is 0.849. The molecule has 1 aromatic carbocycles. The molecule has 0 aliphatic rings. The molecule has 0 aromatic heterocycles. The van der Waals surface area contributed by atoms with Crippen LogP contribution in [-0.2, 0) is 25.7 Å². The fourth-order valence-corrected chi connectivity index (χ4v) is 2.13. The van der Waals surface area contributed by atoms with Crippen molar-refractivity contribution in [2.24, 2.45) is 5.92 Å². The Morgan fingerprint density at radius 3 is 2.28 bits per heavy atom. The van der Waals surface area contributed by atoms with E-state index in [4.69, 9.17) is 4.74 Å². The first kappa shape index (κ1) is 20.5. The van der Waals surface area contributed by atoms with E-state index in [1.165, 1.54) is 14.0 Å². The molecule has 7 heteroatoms. The molecule has 0 aliphatic carbocycles. The highest BCUT2D eigenvalue weighted by atomic mass is 16.5. The van der Waals surface area contributed by atoms with Gasteiger partial charge in [-0.15, -0.1) is 0 Å². The lowest BCUT2D eigenvalue weighted by atomic mass is 9.98. The third-order valence-corrected chi connectivity index (χ3v) is 3.90. The molecular formula is C18H26N2O5. The van der Waals surface area contributed by atoms with Crippen LogP contribution in [0.1, 0.15) is 32.8 Å². The maximum atomic E-state index is 12.4. The molecule has 0 saturated carbocycles. The third-order valence-electron chi connectivity index (χ3n) is 3.90. The number of nitrogens with one attached hydrogen (secondary N) is 2. The number of alkyl carbamates (subject to hydrolysis) is 1. The summed E-state index contributed by atoms with van der Waals surface area (Å²) in [4.78, 5) is 35.9. The zero-order valence-electron chi connectivity index (χ0n) is 15.1. The van der Waals surface area contributed by atoms with Crippen molar-refractivity contribution in [3.63, 3.8) is 0 Å². The Morgan fingerprint density at radius 2 is 1.72 bits per heavy atom. The number of methoxy groups -OCH3 is 1. The predicted octanol–water partition coefficient (Wildman–Crippen LogP) is 2.01. The van der Waals surface area contributed by atoms with Gasteiger partial charge in [0.2, 0.25) is 5.91 Å². The first-order valence-corrected chi connectivity index (χ1v) is 8.24. The number of esters is 1. The summed E-state index contributed by atoms with van der Waals surface area (Å²) in [6.07, 6.45) is -0.0149. The van der Waals surface area contributed by atoms with E-state index >= 15 is 0 Å². The largest absolute Gasteiger partial charge is 0.467 e. The fourth-order valence-electron chi connectivity index (χ4n) is 2.13. The molecule has 1 aromatic rings. The van der Waals surface area contributed by atoms with E-state index in [0.717, 1.165) is 5.56 Å². The normalized spacial score (nSPS) is 13.9. The van der Waals surface area contributed by atoms with Crippen LogP contribution in [0.15, 0.2) is 30.3 Å². The van der Waals surface area contributed by atoms with Gasteiger partial charge in [0.1, 0.15) is 18.7 Å². The Kier molecular flexibility index (Phi) is 8.46.